The van der Waals surface area contributed by atoms with Gasteiger partial charge in [-0.2, -0.15) is 5.10 Å². The molecule has 0 unspecified atom stereocenters. The van der Waals surface area contributed by atoms with Crippen molar-refractivity contribution in [1.29, 1.82) is 0 Å². The molecule has 4 nitrogen and oxygen atoms in total. The third-order valence-electron chi connectivity index (χ3n) is 7.45. The van der Waals surface area contributed by atoms with Crippen molar-refractivity contribution in [2.45, 2.75) is 79.6 Å². The van der Waals surface area contributed by atoms with E-state index >= 15 is 0 Å². The number of rotatable bonds is 9. The first-order valence-corrected chi connectivity index (χ1v) is 15.5. The molecule has 2 aliphatic carbocycles. The van der Waals surface area contributed by atoms with Gasteiger partial charge in [0.1, 0.15) is 17.2 Å². The van der Waals surface area contributed by atoms with Gasteiger partial charge >= 0.3 is 0 Å². The molecule has 0 aliphatic heterocycles. The Hall–Kier alpha value is -2.31. The first-order valence-electron chi connectivity index (χ1n) is 13.6. The van der Waals surface area contributed by atoms with Crippen LogP contribution in [-0.4, -0.2) is 34.5 Å². The maximum atomic E-state index is 5.43. The number of aromatic nitrogens is 2. The minimum atomic E-state index is 0.661. The number of ether oxygens (including phenoxy) is 2. The molecular weight excluding hydrogens is 496 g/mol. The Morgan fingerprint density at radius 2 is 1.35 bits per heavy atom. The Labute approximate surface area is 230 Å². The van der Waals surface area contributed by atoms with Crippen LogP contribution in [0.2, 0.25) is 0 Å². The summed E-state index contributed by atoms with van der Waals surface area (Å²) >= 11 is 3.99. The van der Waals surface area contributed by atoms with Gasteiger partial charge in [0, 0.05) is 27.8 Å². The van der Waals surface area contributed by atoms with Crippen LogP contribution >= 0.6 is 23.5 Å². The standard InChI is InChI=1S/C31H38N2O2S2/c1-34-25-17-13-23(14-18-25)29(22-36-27-9-5-3-6-10-27)33-21-30(37-28-11-7-4-8-12-28)31(32-33)24-15-19-26(35-2)20-16-24/h13-22,27-28H,3-12H2,1-2H3/b29-22+. The zero-order valence-corrected chi connectivity index (χ0v) is 23.7. The molecule has 5 rings (SSSR count). The van der Waals surface area contributed by atoms with Crippen molar-refractivity contribution in [2.24, 2.45) is 0 Å². The summed E-state index contributed by atoms with van der Waals surface area (Å²) in [6, 6.07) is 16.7. The molecule has 0 N–H and O–H groups in total. The molecule has 3 aromatic rings. The van der Waals surface area contributed by atoms with Gasteiger partial charge in [-0.25, -0.2) is 4.68 Å². The largest absolute Gasteiger partial charge is 0.497 e. The second kappa shape index (κ2) is 13.0. The summed E-state index contributed by atoms with van der Waals surface area (Å²) in [5.41, 5.74) is 4.47. The van der Waals surface area contributed by atoms with Gasteiger partial charge in [-0.05, 0) is 79.6 Å². The molecule has 6 heteroatoms. The number of benzene rings is 2. The van der Waals surface area contributed by atoms with Crippen LogP contribution in [0.15, 0.2) is 65.0 Å². The van der Waals surface area contributed by atoms with Gasteiger partial charge in [0.05, 0.1) is 24.8 Å². The quantitative estimate of drug-likeness (QED) is 0.274. The highest BCUT2D eigenvalue weighted by Crippen LogP contribution is 2.40. The minimum Gasteiger partial charge on any atom is -0.497 e. The van der Waals surface area contributed by atoms with Gasteiger partial charge < -0.3 is 9.47 Å². The molecule has 2 aliphatic rings. The summed E-state index contributed by atoms with van der Waals surface area (Å²) in [6.07, 6.45) is 15.5. The third kappa shape index (κ3) is 6.77. The fourth-order valence-electron chi connectivity index (χ4n) is 5.26. The van der Waals surface area contributed by atoms with E-state index in [2.05, 4.69) is 40.6 Å². The van der Waals surface area contributed by atoms with E-state index in [1.807, 2.05) is 47.8 Å². The lowest BCUT2D eigenvalue weighted by Crippen LogP contribution is -2.07. The number of nitrogens with zero attached hydrogens (tertiary/aromatic N) is 2. The zero-order chi connectivity index (χ0) is 25.5. The van der Waals surface area contributed by atoms with Crippen molar-refractivity contribution in [2.75, 3.05) is 14.2 Å². The van der Waals surface area contributed by atoms with Crippen LogP contribution < -0.4 is 9.47 Å². The molecule has 0 amide bonds. The minimum absolute atomic E-state index is 0.661. The van der Waals surface area contributed by atoms with E-state index in [1.54, 1.807) is 14.2 Å². The van der Waals surface area contributed by atoms with Crippen molar-refractivity contribution in [1.82, 2.24) is 9.78 Å². The van der Waals surface area contributed by atoms with E-state index in [1.165, 1.54) is 69.1 Å². The number of methoxy groups -OCH3 is 2. The summed E-state index contributed by atoms with van der Waals surface area (Å²) < 4.78 is 13.0. The van der Waals surface area contributed by atoms with Crippen LogP contribution in [0.5, 0.6) is 11.5 Å². The van der Waals surface area contributed by atoms with Gasteiger partial charge in [-0.15, -0.1) is 23.5 Å². The predicted molar refractivity (Wildman–Crippen MR) is 158 cm³/mol. The summed E-state index contributed by atoms with van der Waals surface area (Å²) in [5, 5.41) is 8.92. The summed E-state index contributed by atoms with van der Waals surface area (Å²) in [7, 11) is 3.43. The molecule has 0 bridgehead atoms. The molecule has 0 spiro atoms. The molecule has 37 heavy (non-hydrogen) atoms. The van der Waals surface area contributed by atoms with Crippen molar-refractivity contribution in [3.63, 3.8) is 0 Å². The van der Waals surface area contributed by atoms with E-state index < -0.39 is 0 Å². The van der Waals surface area contributed by atoms with Crippen LogP contribution in [0.4, 0.5) is 0 Å². The van der Waals surface area contributed by atoms with Crippen LogP contribution in [0.1, 0.15) is 69.8 Å². The Kier molecular flexibility index (Phi) is 9.22. The summed E-state index contributed by atoms with van der Waals surface area (Å²) in [5.74, 6) is 1.74. The second-order valence-electron chi connectivity index (χ2n) is 10.0. The Morgan fingerprint density at radius 1 is 0.784 bits per heavy atom. The Bertz CT molecular complexity index is 1160. The molecule has 0 saturated heterocycles. The van der Waals surface area contributed by atoms with Crippen LogP contribution in [0.3, 0.4) is 0 Å². The normalized spacial score (nSPS) is 17.6. The van der Waals surface area contributed by atoms with Crippen molar-refractivity contribution < 1.29 is 9.47 Å². The number of hydrogen-bond donors (Lipinski definition) is 0. The van der Waals surface area contributed by atoms with Crippen LogP contribution in [-0.2, 0) is 0 Å². The maximum Gasteiger partial charge on any atom is 0.118 e. The lowest BCUT2D eigenvalue weighted by Gasteiger charge is -2.20. The average Bonchev–Trinajstić information content (AvgIpc) is 3.37. The van der Waals surface area contributed by atoms with E-state index in [9.17, 15) is 0 Å². The Balaban J connectivity index is 1.52. The second-order valence-corrected chi connectivity index (χ2v) is 12.5. The van der Waals surface area contributed by atoms with E-state index in [-0.39, 0.29) is 0 Å². The van der Waals surface area contributed by atoms with E-state index in [4.69, 9.17) is 14.6 Å². The molecule has 2 saturated carbocycles. The monoisotopic (exact) mass is 534 g/mol. The zero-order valence-electron chi connectivity index (χ0n) is 22.0. The van der Waals surface area contributed by atoms with Gasteiger partial charge in [-0.1, -0.05) is 38.5 Å². The van der Waals surface area contributed by atoms with Gasteiger partial charge in [-0.3, -0.25) is 0 Å². The third-order valence-corrected chi connectivity index (χ3v) is 10.0. The SMILES string of the molecule is COc1ccc(/C(=C\SC2CCCCC2)n2cc(SC3CCCCC3)c(-c3ccc(OC)cc3)n2)cc1. The molecule has 2 fully saturated rings. The molecule has 1 heterocycles. The number of thioether (sulfide) groups is 2. The topological polar surface area (TPSA) is 36.3 Å². The molecule has 196 valence electrons. The molecule has 1 aromatic heterocycles. The Morgan fingerprint density at radius 3 is 1.95 bits per heavy atom. The molecular formula is C31H38N2O2S2. The highest BCUT2D eigenvalue weighted by Gasteiger charge is 2.21. The molecule has 0 radical (unpaired) electrons. The first-order chi connectivity index (χ1) is 18.2. The van der Waals surface area contributed by atoms with Crippen molar-refractivity contribution in [3.8, 4) is 22.8 Å². The predicted octanol–water partition coefficient (Wildman–Crippen LogP) is 8.90. The lowest BCUT2D eigenvalue weighted by atomic mass is 10.0. The van der Waals surface area contributed by atoms with Crippen molar-refractivity contribution >= 4 is 29.2 Å². The van der Waals surface area contributed by atoms with Crippen LogP contribution in [0, 0.1) is 0 Å². The average molecular weight is 535 g/mol. The van der Waals surface area contributed by atoms with Crippen molar-refractivity contribution in [3.05, 3.63) is 65.7 Å². The molecule has 2 aromatic carbocycles. The number of hydrogen-bond acceptors (Lipinski definition) is 5. The van der Waals surface area contributed by atoms with Gasteiger partial charge in [0.2, 0.25) is 0 Å². The highest BCUT2D eigenvalue weighted by atomic mass is 32.2. The van der Waals surface area contributed by atoms with Gasteiger partial charge in [0.15, 0.2) is 0 Å². The lowest BCUT2D eigenvalue weighted by molar-refractivity contribution is 0.414. The highest BCUT2D eigenvalue weighted by molar-refractivity contribution is 8.02. The maximum absolute atomic E-state index is 5.43. The summed E-state index contributed by atoms with van der Waals surface area (Å²) in [6.45, 7) is 0. The van der Waals surface area contributed by atoms with Gasteiger partial charge in [0.25, 0.3) is 0 Å². The summed E-state index contributed by atoms with van der Waals surface area (Å²) in [4.78, 5) is 1.26. The fourth-order valence-corrected chi connectivity index (χ4v) is 7.79. The smallest absolute Gasteiger partial charge is 0.118 e. The van der Waals surface area contributed by atoms with E-state index in [0.29, 0.717) is 10.5 Å². The van der Waals surface area contributed by atoms with Crippen LogP contribution in [0.25, 0.3) is 17.0 Å². The fraction of sp³-hybridized carbons (Fsp3) is 0.452. The molecule has 0 atom stereocenters. The first kappa shape index (κ1) is 26.3. The van der Waals surface area contributed by atoms with E-state index in [0.717, 1.165) is 34.0 Å².